The molecule has 2 aromatic rings. The minimum atomic E-state index is -1.05. The van der Waals surface area contributed by atoms with Crippen LogP contribution in [-0.4, -0.2) is 23.5 Å². The van der Waals surface area contributed by atoms with E-state index in [1.165, 1.54) is 17.1 Å². The number of azide groups is 1. The second-order valence-electron chi connectivity index (χ2n) is 4.82. The van der Waals surface area contributed by atoms with Gasteiger partial charge < -0.3 is 0 Å². The highest BCUT2D eigenvalue weighted by atomic mass is 35.5. The van der Waals surface area contributed by atoms with Crippen LogP contribution in [0.1, 0.15) is 0 Å². The van der Waals surface area contributed by atoms with Crippen LogP contribution in [0.3, 0.4) is 0 Å². The van der Waals surface area contributed by atoms with Gasteiger partial charge in [-0.05, 0) is 29.8 Å². The highest BCUT2D eigenvalue weighted by Crippen LogP contribution is 2.25. The first kappa shape index (κ1) is 18.8. The van der Waals surface area contributed by atoms with Crippen molar-refractivity contribution in [1.82, 2.24) is 4.98 Å². The van der Waals surface area contributed by atoms with Gasteiger partial charge in [0.25, 0.3) is 5.91 Å². The normalized spacial score (nSPS) is 11.4. The number of halogens is 2. The molecule has 0 bridgehead atoms. The number of anilines is 2. The maximum Gasteiger partial charge on any atom is 0.265 e. The molecule has 0 fully saturated rings. The van der Waals surface area contributed by atoms with Crippen molar-refractivity contribution in [1.29, 1.82) is 0 Å². The van der Waals surface area contributed by atoms with Gasteiger partial charge in [0.1, 0.15) is 11.2 Å². The number of rotatable bonds is 6. The predicted molar refractivity (Wildman–Crippen MR) is 96.8 cm³/mol. The van der Waals surface area contributed by atoms with Crippen LogP contribution in [0.5, 0.6) is 0 Å². The van der Waals surface area contributed by atoms with Crippen LogP contribution in [0, 0.1) is 0 Å². The lowest BCUT2D eigenvalue weighted by molar-refractivity contribution is -0.119. The Balaban J connectivity index is 2.33. The molecule has 0 saturated heterocycles. The molecule has 130 valence electrons. The van der Waals surface area contributed by atoms with E-state index < -0.39 is 11.9 Å². The van der Waals surface area contributed by atoms with Crippen molar-refractivity contribution in [3.05, 3.63) is 63.2 Å². The van der Waals surface area contributed by atoms with Gasteiger partial charge in [-0.25, -0.2) is 21.7 Å². The fourth-order valence-electron chi connectivity index (χ4n) is 2.04. The minimum Gasteiger partial charge on any atom is -0.298 e. The lowest BCUT2D eigenvalue weighted by Crippen LogP contribution is -2.56. The molecule has 9 nitrogen and oxygen atoms in total. The molecule has 1 unspecified atom stereocenters. The highest BCUT2D eigenvalue weighted by molar-refractivity contribution is 6.34. The zero-order valence-corrected chi connectivity index (χ0v) is 14.3. The molecule has 0 aliphatic carbocycles. The first-order valence-corrected chi connectivity index (χ1v) is 7.72. The highest BCUT2D eigenvalue weighted by Gasteiger charge is 2.29. The molecule has 0 aliphatic heterocycles. The summed E-state index contributed by atoms with van der Waals surface area (Å²) in [5.41, 5.74) is 9.26. The summed E-state index contributed by atoms with van der Waals surface area (Å²) in [6.07, 6.45) is 0. The van der Waals surface area contributed by atoms with Crippen LogP contribution in [0.25, 0.3) is 10.4 Å². The van der Waals surface area contributed by atoms with E-state index in [-0.39, 0.29) is 22.5 Å². The topological polar surface area (TPSA) is 137 Å². The van der Waals surface area contributed by atoms with Gasteiger partial charge in [0.05, 0.1) is 17.9 Å². The van der Waals surface area contributed by atoms with Crippen molar-refractivity contribution < 1.29 is 4.79 Å². The number of para-hydroxylation sites is 1. The molecule has 1 heterocycles. The number of hydrogen-bond donors (Lipinski definition) is 2. The Kier molecular flexibility index (Phi) is 6.40. The molecule has 4 N–H and O–H groups in total. The van der Waals surface area contributed by atoms with Crippen LogP contribution >= 0.6 is 23.2 Å². The standard InChI is InChI=1S/C14H14Cl2N8O/c15-12-7-6-10(13(16)21-12)24(19)14(25)11(8-20-22-17)23(18)9-4-2-1-3-5-9/h1-7,11H,8,18-19H2. The average Bonchev–Trinajstić information content (AvgIpc) is 2.62. The number of aromatic nitrogens is 1. The summed E-state index contributed by atoms with van der Waals surface area (Å²) in [4.78, 5) is 19.3. The summed E-state index contributed by atoms with van der Waals surface area (Å²) in [5.74, 6) is 11.3. The Morgan fingerprint density at radius 1 is 1.24 bits per heavy atom. The van der Waals surface area contributed by atoms with Crippen molar-refractivity contribution in [2.24, 2.45) is 16.8 Å². The number of hydrazine groups is 2. The molecule has 0 aliphatic rings. The SMILES string of the molecule is [N-]=[N+]=NCC(C(=O)N(N)c1ccc(Cl)nc1Cl)N(N)c1ccccc1. The summed E-state index contributed by atoms with van der Waals surface area (Å²) in [5, 5.41) is 5.52. The van der Waals surface area contributed by atoms with Crippen LogP contribution in [0.15, 0.2) is 47.6 Å². The quantitative estimate of drug-likeness (QED) is 0.151. The van der Waals surface area contributed by atoms with Gasteiger partial charge in [0, 0.05) is 4.91 Å². The first-order valence-electron chi connectivity index (χ1n) is 6.96. The van der Waals surface area contributed by atoms with Crippen molar-refractivity contribution in [2.45, 2.75) is 6.04 Å². The molecule has 1 aromatic carbocycles. The van der Waals surface area contributed by atoms with Crippen LogP contribution in [0.4, 0.5) is 11.4 Å². The molecule has 11 heteroatoms. The molecule has 1 amide bonds. The molecule has 0 spiro atoms. The van der Waals surface area contributed by atoms with Crippen molar-refractivity contribution >= 4 is 40.5 Å². The zero-order chi connectivity index (χ0) is 18.4. The van der Waals surface area contributed by atoms with E-state index in [4.69, 9.17) is 40.4 Å². The smallest absolute Gasteiger partial charge is 0.265 e. The van der Waals surface area contributed by atoms with Gasteiger partial charge in [-0.1, -0.05) is 46.5 Å². The first-order chi connectivity index (χ1) is 12.0. The van der Waals surface area contributed by atoms with E-state index in [1.807, 2.05) is 0 Å². The molecule has 2 rings (SSSR count). The second-order valence-corrected chi connectivity index (χ2v) is 5.57. The summed E-state index contributed by atoms with van der Waals surface area (Å²) in [6, 6.07) is 10.6. The number of nitrogens with two attached hydrogens (primary N) is 2. The van der Waals surface area contributed by atoms with Gasteiger partial charge in [-0.15, -0.1) is 0 Å². The van der Waals surface area contributed by atoms with E-state index in [0.717, 1.165) is 5.01 Å². The maximum absolute atomic E-state index is 12.8. The van der Waals surface area contributed by atoms with E-state index in [1.54, 1.807) is 30.3 Å². The zero-order valence-electron chi connectivity index (χ0n) is 12.8. The largest absolute Gasteiger partial charge is 0.298 e. The summed E-state index contributed by atoms with van der Waals surface area (Å²) >= 11 is 11.7. The lowest BCUT2D eigenvalue weighted by atomic mass is 10.2. The molecule has 1 aromatic heterocycles. The van der Waals surface area contributed by atoms with Gasteiger partial charge in [-0.2, -0.15) is 0 Å². The van der Waals surface area contributed by atoms with Crippen molar-refractivity contribution in [2.75, 3.05) is 16.6 Å². The van der Waals surface area contributed by atoms with Gasteiger partial charge >= 0.3 is 0 Å². The monoisotopic (exact) mass is 380 g/mol. The number of nitrogens with zero attached hydrogens (tertiary/aromatic N) is 6. The Bertz CT molecular complexity index is 797. The third-order valence-electron chi connectivity index (χ3n) is 3.29. The average molecular weight is 381 g/mol. The van der Waals surface area contributed by atoms with E-state index in [2.05, 4.69) is 15.0 Å². The fourth-order valence-corrected chi connectivity index (χ4v) is 2.48. The van der Waals surface area contributed by atoms with Gasteiger partial charge in [-0.3, -0.25) is 9.80 Å². The van der Waals surface area contributed by atoms with E-state index in [9.17, 15) is 4.79 Å². The van der Waals surface area contributed by atoms with E-state index >= 15 is 0 Å². The Labute approximate surface area is 153 Å². The van der Waals surface area contributed by atoms with Crippen molar-refractivity contribution in [3.63, 3.8) is 0 Å². The minimum absolute atomic E-state index is 0.0471. The molecule has 0 radical (unpaired) electrons. The molecular weight excluding hydrogens is 367 g/mol. The van der Waals surface area contributed by atoms with Crippen LogP contribution in [0.2, 0.25) is 10.3 Å². The van der Waals surface area contributed by atoms with Gasteiger partial charge in [0.2, 0.25) is 0 Å². The van der Waals surface area contributed by atoms with Gasteiger partial charge in [0.15, 0.2) is 5.15 Å². The predicted octanol–water partition coefficient (Wildman–Crippen LogP) is 2.65. The molecule has 25 heavy (non-hydrogen) atoms. The Morgan fingerprint density at radius 3 is 2.52 bits per heavy atom. The fraction of sp³-hybridized carbons (Fsp3) is 0.143. The number of amides is 1. The third kappa shape index (κ3) is 4.50. The van der Waals surface area contributed by atoms with E-state index in [0.29, 0.717) is 5.69 Å². The number of hydrogen-bond acceptors (Lipinski definition) is 6. The lowest BCUT2D eigenvalue weighted by Gasteiger charge is -2.30. The van der Waals surface area contributed by atoms with Crippen molar-refractivity contribution in [3.8, 4) is 0 Å². The maximum atomic E-state index is 12.8. The Morgan fingerprint density at radius 2 is 1.92 bits per heavy atom. The number of carbonyl (C=O) groups is 1. The number of benzene rings is 1. The molecule has 0 saturated carbocycles. The molecular formula is C14H14Cl2N8O. The summed E-state index contributed by atoms with van der Waals surface area (Å²) < 4.78 is 0. The number of carbonyl (C=O) groups excluding carboxylic acids is 1. The van der Waals surface area contributed by atoms with Crippen LogP contribution in [-0.2, 0) is 4.79 Å². The third-order valence-corrected chi connectivity index (χ3v) is 3.77. The summed E-state index contributed by atoms with van der Waals surface area (Å²) in [7, 11) is 0. The number of pyridine rings is 1. The second kappa shape index (κ2) is 8.52. The Hall–Kier alpha value is -2.55. The van der Waals surface area contributed by atoms with Crippen LogP contribution < -0.4 is 21.7 Å². The summed E-state index contributed by atoms with van der Waals surface area (Å²) in [6.45, 7) is -0.229. The molecule has 1 atom stereocenters.